The first kappa shape index (κ1) is 23.5. The second kappa shape index (κ2) is 9.76. The molecule has 4 heterocycles. The van der Waals surface area contributed by atoms with Gasteiger partial charge in [-0.05, 0) is 55.6 Å². The molecule has 1 N–H and O–H groups in total. The number of halogens is 1. The lowest BCUT2D eigenvalue weighted by atomic mass is 9.68. The van der Waals surface area contributed by atoms with E-state index in [0.29, 0.717) is 41.9 Å². The molecule has 0 saturated heterocycles. The molecule has 186 valence electrons. The molecule has 3 aliphatic carbocycles. The first-order valence-corrected chi connectivity index (χ1v) is 12.6. The molecule has 0 radical (unpaired) electrons. The summed E-state index contributed by atoms with van der Waals surface area (Å²) in [4.78, 5) is 26.2. The van der Waals surface area contributed by atoms with Gasteiger partial charge in [0.2, 0.25) is 0 Å². The predicted octanol–water partition coefficient (Wildman–Crippen LogP) is 6.41. The molecule has 4 aromatic rings. The zero-order valence-corrected chi connectivity index (χ0v) is 20.5. The van der Waals surface area contributed by atoms with E-state index in [1.165, 1.54) is 49.9 Å². The Morgan fingerprint density at radius 2 is 2.03 bits per heavy atom. The highest BCUT2D eigenvalue weighted by Gasteiger charge is 2.37. The molecule has 35 heavy (non-hydrogen) atoms. The topological polar surface area (TPSA) is 85.7 Å². The number of nitrogens with one attached hydrogen (secondary N) is 1. The summed E-state index contributed by atoms with van der Waals surface area (Å²) < 4.78 is 20.4. The minimum atomic E-state index is -0.354. The van der Waals surface area contributed by atoms with Crippen molar-refractivity contribution in [3.05, 3.63) is 42.2 Å². The zero-order valence-electron chi connectivity index (χ0n) is 20.5. The molecule has 3 saturated carbocycles. The number of pyridine rings is 1. The van der Waals surface area contributed by atoms with Crippen LogP contribution in [-0.2, 0) is 9.53 Å². The van der Waals surface area contributed by atoms with E-state index < -0.39 is 0 Å². The summed E-state index contributed by atoms with van der Waals surface area (Å²) in [5, 5.41) is 1.85. The molecule has 0 spiro atoms. The maximum absolute atomic E-state index is 13.8. The monoisotopic (exact) mass is 479 g/mol. The fraction of sp³-hybridized carbons (Fsp3) is 0.481. The van der Waals surface area contributed by atoms with E-state index in [4.69, 9.17) is 4.98 Å². The normalized spacial score (nSPS) is 21.3. The molecule has 0 unspecified atom stereocenters. The minimum Gasteiger partial charge on any atom is -0.468 e. The molecular weight excluding hydrogens is 445 g/mol. The number of carbonyl (C=O) groups is 1. The van der Waals surface area contributed by atoms with Crippen LogP contribution in [0.5, 0.6) is 0 Å². The number of hydrogen-bond acceptors (Lipinski definition) is 5. The average molecular weight is 480 g/mol. The van der Waals surface area contributed by atoms with Crippen LogP contribution < -0.4 is 0 Å². The largest absolute Gasteiger partial charge is 0.468 e. The summed E-state index contributed by atoms with van der Waals surface area (Å²) in [5.74, 6) is 2.28. The van der Waals surface area contributed by atoms with Crippen molar-refractivity contribution in [1.29, 1.82) is 0 Å². The first-order chi connectivity index (χ1) is 17.0. The molecule has 7 nitrogen and oxygen atoms in total. The fourth-order valence-electron chi connectivity index (χ4n) is 5.81. The van der Waals surface area contributed by atoms with Crippen molar-refractivity contribution in [3.8, 4) is 11.4 Å². The Morgan fingerprint density at radius 3 is 2.66 bits per heavy atom. The maximum atomic E-state index is 13.8. The van der Waals surface area contributed by atoms with Gasteiger partial charge in [-0.15, -0.1) is 0 Å². The van der Waals surface area contributed by atoms with Gasteiger partial charge in [0.05, 0.1) is 12.8 Å². The van der Waals surface area contributed by atoms with Gasteiger partial charge in [0, 0.05) is 42.4 Å². The molecule has 0 aliphatic heterocycles. The second-order valence-electron chi connectivity index (χ2n) is 9.96. The van der Waals surface area contributed by atoms with E-state index in [1.54, 1.807) is 6.92 Å². The number of aromatic nitrogens is 5. The molecule has 3 fully saturated rings. The lowest BCUT2D eigenvalue weighted by Crippen LogP contribution is -2.32. The van der Waals surface area contributed by atoms with Crippen LogP contribution in [0.2, 0.25) is 0 Å². The third-order valence-corrected chi connectivity index (χ3v) is 7.57. The summed E-state index contributed by atoms with van der Waals surface area (Å²) in [7, 11) is 0. The van der Waals surface area contributed by atoms with E-state index in [2.05, 4.69) is 44.3 Å². The fourth-order valence-corrected chi connectivity index (χ4v) is 5.81. The number of hydrogen-bond donors (Lipinski definition) is 1. The standard InChI is InChI=1S/C24H26FN5.C3H6O2.H2/c1-13(2)20-12-30(21-7-14-3-5-15(21)6-4-14)24-19(20)11-28-23(29-24)18-10-27-22-17(18)8-16(25)9-26-22;1-2-5-3-4;/h8-15,21H,3-7H2,1-2H3,(H,26,27);3H,2H2,1H3;1H/t14?,15?,21-;;/m0../s1. The third kappa shape index (κ3) is 4.42. The van der Waals surface area contributed by atoms with E-state index in [9.17, 15) is 9.18 Å². The van der Waals surface area contributed by atoms with E-state index in [-0.39, 0.29) is 7.24 Å². The van der Waals surface area contributed by atoms with Gasteiger partial charge in [0.15, 0.2) is 5.82 Å². The number of H-pyrrole nitrogens is 1. The number of rotatable bonds is 5. The number of ether oxygens (including phenoxy) is 1. The van der Waals surface area contributed by atoms with Gasteiger partial charge in [-0.3, -0.25) is 4.79 Å². The molecular formula is C27H34FN5O2. The number of carbonyl (C=O) groups excluding carboxylic acids is 1. The SMILES string of the molecule is CC(C)c1cn([C@H]2CC3CCC2CC3)c2nc(-c3c[nH]c4ncc(F)cc34)ncc12.CCOC=O.[HH]. The van der Waals surface area contributed by atoms with Gasteiger partial charge in [-0.1, -0.05) is 26.7 Å². The van der Waals surface area contributed by atoms with Crippen LogP contribution in [0.25, 0.3) is 33.5 Å². The quantitative estimate of drug-likeness (QED) is 0.334. The third-order valence-electron chi connectivity index (χ3n) is 7.57. The van der Waals surface area contributed by atoms with Crippen LogP contribution >= 0.6 is 0 Å². The van der Waals surface area contributed by atoms with Gasteiger partial charge in [-0.2, -0.15) is 0 Å². The summed E-state index contributed by atoms with van der Waals surface area (Å²) in [6.07, 6.45) is 14.0. The van der Waals surface area contributed by atoms with E-state index >= 15 is 0 Å². The van der Waals surface area contributed by atoms with Gasteiger partial charge >= 0.3 is 0 Å². The molecule has 0 aromatic carbocycles. The lowest BCUT2D eigenvalue weighted by Gasteiger charge is -2.43. The van der Waals surface area contributed by atoms with Crippen molar-refractivity contribution in [1.82, 2.24) is 24.5 Å². The zero-order chi connectivity index (χ0) is 24.5. The molecule has 0 amide bonds. The van der Waals surface area contributed by atoms with Crippen molar-refractivity contribution in [3.63, 3.8) is 0 Å². The minimum absolute atomic E-state index is 0. The molecule has 4 aromatic heterocycles. The van der Waals surface area contributed by atoms with Crippen molar-refractivity contribution < 1.29 is 15.3 Å². The lowest BCUT2D eigenvalue weighted by molar-refractivity contribution is -0.128. The van der Waals surface area contributed by atoms with Crippen LogP contribution in [0.15, 0.2) is 30.9 Å². The molecule has 7 rings (SSSR count). The van der Waals surface area contributed by atoms with Crippen molar-refractivity contribution >= 4 is 28.5 Å². The predicted molar refractivity (Wildman–Crippen MR) is 136 cm³/mol. The highest BCUT2D eigenvalue weighted by atomic mass is 19.1. The van der Waals surface area contributed by atoms with Gasteiger partial charge in [0.25, 0.3) is 6.47 Å². The summed E-state index contributed by atoms with van der Waals surface area (Å²) in [6, 6.07) is 2.03. The summed E-state index contributed by atoms with van der Waals surface area (Å²) in [5.41, 5.74) is 3.77. The van der Waals surface area contributed by atoms with E-state index in [1.807, 2.05) is 12.4 Å². The molecule has 1 atom stereocenters. The van der Waals surface area contributed by atoms with Crippen molar-refractivity contribution in [2.24, 2.45) is 11.8 Å². The Balaban J connectivity index is 0.000000465. The Labute approximate surface area is 205 Å². The molecule has 3 aliphatic rings. The Hall–Kier alpha value is -3.29. The van der Waals surface area contributed by atoms with Gasteiger partial charge in [0.1, 0.15) is 17.1 Å². The average Bonchev–Trinajstić information content (AvgIpc) is 3.46. The first-order valence-electron chi connectivity index (χ1n) is 12.6. The van der Waals surface area contributed by atoms with Gasteiger partial charge in [-0.25, -0.2) is 19.3 Å². The number of fused-ring (bicyclic) bond motifs is 5. The van der Waals surface area contributed by atoms with Crippen molar-refractivity contribution in [2.75, 3.05) is 6.61 Å². The summed E-state index contributed by atoms with van der Waals surface area (Å²) >= 11 is 0. The highest BCUT2D eigenvalue weighted by molar-refractivity contribution is 5.92. The Bertz CT molecular complexity index is 1340. The Morgan fingerprint density at radius 1 is 1.23 bits per heavy atom. The van der Waals surface area contributed by atoms with Gasteiger partial charge < -0.3 is 14.3 Å². The van der Waals surface area contributed by atoms with Crippen LogP contribution in [0.1, 0.15) is 71.8 Å². The second-order valence-corrected chi connectivity index (χ2v) is 9.96. The maximum Gasteiger partial charge on any atom is 0.293 e. The Kier molecular flexibility index (Phi) is 6.54. The molecule has 2 bridgehead atoms. The van der Waals surface area contributed by atoms with Crippen LogP contribution in [0.3, 0.4) is 0 Å². The highest BCUT2D eigenvalue weighted by Crippen LogP contribution is 2.48. The number of aromatic amines is 1. The molecule has 8 heteroatoms. The smallest absolute Gasteiger partial charge is 0.293 e. The van der Waals surface area contributed by atoms with E-state index in [0.717, 1.165) is 28.4 Å². The summed E-state index contributed by atoms with van der Waals surface area (Å²) in [6.45, 7) is 7.13. The van der Waals surface area contributed by atoms with Crippen LogP contribution in [0, 0.1) is 17.7 Å². The van der Waals surface area contributed by atoms with Crippen molar-refractivity contribution in [2.45, 2.75) is 64.8 Å². The number of nitrogens with zero attached hydrogens (tertiary/aromatic N) is 4. The van der Waals surface area contributed by atoms with Crippen LogP contribution in [0.4, 0.5) is 4.39 Å². The van der Waals surface area contributed by atoms with Crippen LogP contribution in [-0.4, -0.2) is 37.6 Å².